The van der Waals surface area contributed by atoms with Crippen LogP contribution in [0, 0.1) is 6.92 Å². The quantitative estimate of drug-likeness (QED) is 0.812. The third-order valence-corrected chi connectivity index (χ3v) is 3.31. The van der Waals surface area contributed by atoms with Gasteiger partial charge < -0.3 is 5.11 Å². The molecule has 0 spiro atoms. The lowest BCUT2D eigenvalue weighted by Crippen LogP contribution is -2.00. The van der Waals surface area contributed by atoms with Crippen LogP contribution in [0.3, 0.4) is 0 Å². The molecule has 2 nitrogen and oxygen atoms in total. The van der Waals surface area contributed by atoms with Gasteiger partial charge in [0.25, 0.3) is 0 Å². The van der Waals surface area contributed by atoms with Gasteiger partial charge in [-0.3, -0.25) is 4.98 Å². The largest absolute Gasteiger partial charge is 0.396 e. The predicted molar refractivity (Wildman–Crippen MR) is 61.4 cm³/mol. The zero-order valence-electron chi connectivity index (χ0n) is 8.73. The Kier molecular flexibility index (Phi) is 4.98. The van der Waals surface area contributed by atoms with Crippen molar-refractivity contribution >= 4 is 11.8 Å². The molecule has 1 aromatic rings. The highest BCUT2D eigenvalue weighted by atomic mass is 32.2. The van der Waals surface area contributed by atoms with Gasteiger partial charge in [-0.15, -0.1) is 0 Å². The normalized spacial score (nSPS) is 12.8. The minimum Gasteiger partial charge on any atom is -0.396 e. The Hall–Kier alpha value is -0.540. The molecule has 1 unspecified atom stereocenters. The summed E-state index contributed by atoms with van der Waals surface area (Å²) in [6, 6.07) is 2.16. The van der Waals surface area contributed by atoms with Crippen LogP contribution < -0.4 is 0 Å². The summed E-state index contributed by atoms with van der Waals surface area (Å²) in [5.41, 5.74) is 2.47. The van der Waals surface area contributed by atoms with Crippen LogP contribution in [0.25, 0.3) is 0 Å². The van der Waals surface area contributed by atoms with Gasteiger partial charge >= 0.3 is 0 Å². The molecule has 0 saturated heterocycles. The van der Waals surface area contributed by atoms with Gasteiger partial charge in [0.05, 0.1) is 0 Å². The number of aliphatic hydroxyl groups is 1. The van der Waals surface area contributed by atoms with Crippen molar-refractivity contribution in [3.63, 3.8) is 0 Å². The smallest absolute Gasteiger partial charge is 0.0441 e. The van der Waals surface area contributed by atoms with Crippen molar-refractivity contribution < 1.29 is 5.11 Å². The Morgan fingerprint density at radius 3 is 2.93 bits per heavy atom. The van der Waals surface area contributed by atoms with Crippen LogP contribution in [0.4, 0.5) is 0 Å². The van der Waals surface area contributed by atoms with Gasteiger partial charge in [-0.25, -0.2) is 0 Å². The lowest BCUT2D eigenvalue weighted by Gasteiger charge is -2.09. The summed E-state index contributed by atoms with van der Waals surface area (Å²) in [5.74, 6) is 0.982. The lowest BCUT2D eigenvalue weighted by molar-refractivity contribution is 0.289. The Morgan fingerprint density at radius 1 is 1.50 bits per heavy atom. The molecule has 0 aliphatic heterocycles. The Bertz CT molecular complexity index is 278. The van der Waals surface area contributed by atoms with Gasteiger partial charge in [-0.1, -0.05) is 13.0 Å². The fourth-order valence-electron chi connectivity index (χ4n) is 1.20. The van der Waals surface area contributed by atoms with E-state index < -0.39 is 0 Å². The predicted octanol–water partition coefficient (Wildman–Crippen LogP) is 2.39. The highest BCUT2D eigenvalue weighted by Gasteiger charge is 2.02. The van der Waals surface area contributed by atoms with Crippen molar-refractivity contribution in [1.29, 1.82) is 0 Å². The van der Waals surface area contributed by atoms with Gasteiger partial charge in [0.2, 0.25) is 0 Å². The van der Waals surface area contributed by atoms with Crippen LogP contribution in [0.1, 0.15) is 24.5 Å². The Labute approximate surface area is 89.8 Å². The average molecular weight is 211 g/mol. The minimum atomic E-state index is 0.278. The summed E-state index contributed by atoms with van der Waals surface area (Å²) in [5, 5.41) is 9.27. The fraction of sp³-hybridized carbons (Fsp3) is 0.545. The van der Waals surface area contributed by atoms with Crippen molar-refractivity contribution in [2.45, 2.75) is 31.3 Å². The summed E-state index contributed by atoms with van der Waals surface area (Å²) in [6.07, 6.45) is 4.64. The SMILES string of the molecule is Cc1cncc(CSC(C)CCO)c1. The molecule has 0 aromatic carbocycles. The average Bonchev–Trinajstić information content (AvgIpc) is 2.15. The van der Waals surface area contributed by atoms with Gasteiger partial charge in [0.15, 0.2) is 0 Å². The van der Waals surface area contributed by atoms with E-state index in [4.69, 9.17) is 5.11 Å². The molecule has 0 fully saturated rings. The first kappa shape index (κ1) is 11.5. The second kappa shape index (κ2) is 6.04. The van der Waals surface area contributed by atoms with Crippen molar-refractivity contribution in [3.05, 3.63) is 29.6 Å². The van der Waals surface area contributed by atoms with Crippen LogP contribution in [-0.4, -0.2) is 21.9 Å². The van der Waals surface area contributed by atoms with Crippen molar-refractivity contribution in [3.8, 4) is 0 Å². The molecule has 0 aliphatic carbocycles. The summed E-state index contributed by atoms with van der Waals surface area (Å²) in [7, 11) is 0. The molecule has 1 aromatic heterocycles. The number of hydrogen-bond acceptors (Lipinski definition) is 3. The number of aryl methyl sites for hydroxylation is 1. The van der Waals surface area contributed by atoms with Crippen LogP contribution in [0.15, 0.2) is 18.5 Å². The molecule has 0 bridgehead atoms. The zero-order chi connectivity index (χ0) is 10.4. The first-order chi connectivity index (χ1) is 6.72. The van der Waals surface area contributed by atoms with E-state index in [0.717, 1.165) is 12.2 Å². The van der Waals surface area contributed by atoms with Gasteiger partial charge in [-0.05, 0) is 24.5 Å². The van der Waals surface area contributed by atoms with Gasteiger partial charge in [0.1, 0.15) is 0 Å². The molecular formula is C11H17NOS. The lowest BCUT2D eigenvalue weighted by atomic mass is 10.2. The number of pyridine rings is 1. The number of aromatic nitrogens is 1. The summed E-state index contributed by atoms with van der Waals surface area (Å²) in [6.45, 7) is 4.47. The number of aliphatic hydroxyl groups excluding tert-OH is 1. The highest BCUT2D eigenvalue weighted by molar-refractivity contribution is 7.99. The summed E-state index contributed by atoms with van der Waals surface area (Å²) < 4.78 is 0. The minimum absolute atomic E-state index is 0.278. The number of rotatable bonds is 5. The number of nitrogens with zero attached hydrogens (tertiary/aromatic N) is 1. The standard InChI is InChI=1S/C11H17NOS/c1-9-5-11(7-12-6-9)8-14-10(2)3-4-13/h5-7,10,13H,3-4,8H2,1-2H3. The molecule has 3 heteroatoms. The molecule has 0 saturated carbocycles. The van der Waals surface area contributed by atoms with E-state index >= 15 is 0 Å². The topological polar surface area (TPSA) is 33.1 Å². The maximum atomic E-state index is 8.75. The molecule has 1 heterocycles. The van der Waals surface area contributed by atoms with E-state index in [0.29, 0.717) is 5.25 Å². The highest BCUT2D eigenvalue weighted by Crippen LogP contribution is 2.19. The number of hydrogen-bond donors (Lipinski definition) is 1. The molecule has 0 aliphatic rings. The first-order valence-corrected chi connectivity index (χ1v) is 5.90. The van der Waals surface area contributed by atoms with E-state index in [1.165, 1.54) is 11.1 Å². The van der Waals surface area contributed by atoms with Crippen LogP contribution >= 0.6 is 11.8 Å². The van der Waals surface area contributed by atoms with Crippen LogP contribution in [-0.2, 0) is 5.75 Å². The van der Waals surface area contributed by atoms with Crippen LogP contribution in [0.5, 0.6) is 0 Å². The van der Waals surface area contributed by atoms with E-state index in [1.54, 1.807) is 0 Å². The summed E-state index contributed by atoms with van der Waals surface area (Å²) >= 11 is 1.86. The van der Waals surface area contributed by atoms with Gasteiger partial charge in [0, 0.05) is 30.0 Å². The van der Waals surface area contributed by atoms with Crippen molar-refractivity contribution in [2.75, 3.05) is 6.61 Å². The first-order valence-electron chi connectivity index (χ1n) is 4.85. The number of thioether (sulfide) groups is 1. The van der Waals surface area contributed by atoms with E-state index in [9.17, 15) is 0 Å². The third-order valence-electron chi connectivity index (χ3n) is 2.00. The second-order valence-electron chi connectivity index (χ2n) is 3.50. The molecule has 14 heavy (non-hydrogen) atoms. The Balaban J connectivity index is 2.37. The maximum absolute atomic E-state index is 8.75. The summed E-state index contributed by atoms with van der Waals surface area (Å²) in [4.78, 5) is 4.15. The molecule has 0 radical (unpaired) electrons. The fourth-order valence-corrected chi connectivity index (χ4v) is 2.11. The van der Waals surface area contributed by atoms with Gasteiger partial charge in [-0.2, -0.15) is 11.8 Å². The van der Waals surface area contributed by atoms with E-state index in [1.807, 2.05) is 24.2 Å². The monoisotopic (exact) mass is 211 g/mol. The molecule has 1 N–H and O–H groups in total. The zero-order valence-corrected chi connectivity index (χ0v) is 9.55. The van der Waals surface area contributed by atoms with Crippen LogP contribution in [0.2, 0.25) is 0 Å². The maximum Gasteiger partial charge on any atom is 0.0441 e. The van der Waals surface area contributed by atoms with E-state index in [-0.39, 0.29) is 6.61 Å². The molecule has 1 rings (SSSR count). The molecular weight excluding hydrogens is 194 g/mol. The molecule has 78 valence electrons. The van der Waals surface area contributed by atoms with Crippen molar-refractivity contribution in [2.24, 2.45) is 0 Å². The molecule has 0 amide bonds. The Morgan fingerprint density at radius 2 is 2.29 bits per heavy atom. The van der Waals surface area contributed by atoms with Crippen molar-refractivity contribution in [1.82, 2.24) is 4.98 Å². The molecule has 1 atom stereocenters. The van der Waals surface area contributed by atoms with E-state index in [2.05, 4.69) is 24.9 Å². The third kappa shape index (κ3) is 4.11. The second-order valence-corrected chi connectivity index (χ2v) is 4.93.